The van der Waals surface area contributed by atoms with Crippen LogP contribution in [0, 0.1) is 6.92 Å². The molecule has 0 radical (unpaired) electrons. The van der Waals surface area contributed by atoms with Crippen LogP contribution < -0.4 is 0 Å². The molecule has 0 fully saturated rings. The van der Waals surface area contributed by atoms with E-state index >= 15 is 0 Å². The van der Waals surface area contributed by atoms with Crippen LogP contribution in [0.3, 0.4) is 0 Å². The summed E-state index contributed by atoms with van der Waals surface area (Å²) in [5.41, 5.74) is 3.66. The van der Waals surface area contributed by atoms with Crippen LogP contribution in [0.2, 0.25) is 0 Å². The van der Waals surface area contributed by atoms with E-state index in [0.717, 1.165) is 22.6 Å². The second-order valence-electron chi connectivity index (χ2n) is 6.15. The molecule has 0 aliphatic carbocycles. The van der Waals surface area contributed by atoms with Crippen LogP contribution in [0.25, 0.3) is 22.6 Å². The number of imidazole rings is 1. The Kier molecular flexibility index (Phi) is 3.41. The number of fused-ring (bicyclic) bond motifs is 1. The third kappa shape index (κ3) is 2.47. The Hall–Kier alpha value is -2.96. The average Bonchev–Trinajstić information content (AvgIpc) is 3.27. The second kappa shape index (κ2) is 5.59. The number of hydrogen-bond acceptors (Lipinski definition) is 5. The maximum atomic E-state index is 5.35. The summed E-state index contributed by atoms with van der Waals surface area (Å²) in [7, 11) is 0. The molecule has 1 N–H and O–H groups in total. The first-order valence-electron chi connectivity index (χ1n) is 7.92. The molecule has 0 saturated carbocycles. The number of benzene rings is 1. The molecule has 4 rings (SSSR count). The summed E-state index contributed by atoms with van der Waals surface area (Å²) in [6.45, 7) is 6.71. The van der Waals surface area contributed by atoms with Gasteiger partial charge in [-0.2, -0.15) is 10.1 Å². The van der Waals surface area contributed by atoms with Gasteiger partial charge in [0.15, 0.2) is 11.5 Å². The summed E-state index contributed by atoms with van der Waals surface area (Å²) < 4.78 is 7.49. The zero-order chi connectivity index (χ0) is 16.7. The van der Waals surface area contributed by atoms with Gasteiger partial charge < -0.3 is 9.09 Å². The number of H-pyrrole nitrogens is 1. The molecule has 7 heteroatoms. The van der Waals surface area contributed by atoms with Crippen molar-refractivity contribution < 1.29 is 4.52 Å². The van der Waals surface area contributed by atoms with Gasteiger partial charge in [0, 0.05) is 11.6 Å². The zero-order valence-corrected chi connectivity index (χ0v) is 13.8. The zero-order valence-electron chi connectivity index (χ0n) is 13.8. The van der Waals surface area contributed by atoms with E-state index in [1.54, 1.807) is 0 Å². The second-order valence-corrected chi connectivity index (χ2v) is 6.15. The fraction of sp³-hybridized carbons (Fsp3) is 0.294. The summed E-state index contributed by atoms with van der Waals surface area (Å²) in [6.07, 6.45) is 0. The van der Waals surface area contributed by atoms with E-state index in [4.69, 9.17) is 9.51 Å². The van der Waals surface area contributed by atoms with Crippen molar-refractivity contribution in [2.75, 3.05) is 0 Å². The Morgan fingerprint density at radius 1 is 1.21 bits per heavy atom. The van der Waals surface area contributed by atoms with Crippen LogP contribution in [-0.2, 0) is 6.54 Å². The van der Waals surface area contributed by atoms with Crippen LogP contribution in [0.5, 0.6) is 0 Å². The number of rotatable bonds is 4. The highest BCUT2D eigenvalue weighted by Gasteiger charge is 2.17. The predicted octanol–water partition coefficient (Wildman–Crippen LogP) is 3.29. The maximum Gasteiger partial charge on any atom is 0.278 e. The molecule has 0 saturated heterocycles. The van der Waals surface area contributed by atoms with Crippen molar-refractivity contribution in [2.45, 2.75) is 33.2 Å². The fourth-order valence-corrected chi connectivity index (χ4v) is 2.79. The Morgan fingerprint density at radius 2 is 2.04 bits per heavy atom. The molecular formula is C17H18N6O. The van der Waals surface area contributed by atoms with Gasteiger partial charge in [0.05, 0.1) is 17.6 Å². The van der Waals surface area contributed by atoms with E-state index in [-0.39, 0.29) is 0 Å². The quantitative estimate of drug-likeness (QED) is 0.623. The summed E-state index contributed by atoms with van der Waals surface area (Å²) >= 11 is 0. The van der Waals surface area contributed by atoms with Gasteiger partial charge in [0.1, 0.15) is 5.82 Å². The highest BCUT2D eigenvalue weighted by atomic mass is 16.5. The molecule has 1 aromatic carbocycles. The lowest BCUT2D eigenvalue weighted by Gasteiger charge is -2.08. The third-order valence-corrected chi connectivity index (χ3v) is 3.89. The van der Waals surface area contributed by atoms with E-state index in [1.807, 2.05) is 31.2 Å². The van der Waals surface area contributed by atoms with Gasteiger partial charge in [-0.3, -0.25) is 5.10 Å². The van der Waals surface area contributed by atoms with E-state index in [0.29, 0.717) is 29.9 Å². The van der Waals surface area contributed by atoms with E-state index in [1.165, 1.54) is 0 Å². The lowest BCUT2D eigenvalue weighted by molar-refractivity contribution is 0.419. The number of hydrogen-bond donors (Lipinski definition) is 1. The van der Waals surface area contributed by atoms with Gasteiger partial charge in [-0.15, -0.1) is 0 Å². The highest BCUT2D eigenvalue weighted by Crippen LogP contribution is 2.23. The Morgan fingerprint density at radius 3 is 2.79 bits per heavy atom. The first-order chi connectivity index (χ1) is 11.6. The molecule has 0 spiro atoms. The van der Waals surface area contributed by atoms with Crippen molar-refractivity contribution in [1.82, 2.24) is 29.9 Å². The van der Waals surface area contributed by atoms with Gasteiger partial charge in [-0.25, -0.2) is 4.98 Å². The van der Waals surface area contributed by atoms with Gasteiger partial charge in [0.25, 0.3) is 5.89 Å². The molecule has 0 aliphatic heterocycles. The molecule has 3 heterocycles. The van der Waals surface area contributed by atoms with Crippen molar-refractivity contribution in [3.05, 3.63) is 47.7 Å². The van der Waals surface area contributed by atoms with Crippen LogP contribution >= 0.6 is 0 Å². The minimum atomic E-state index is 0.303. The van der Waals surface area contributed by atoms with Crippen LogP contribution in [0.15, 0.2) is 34.9 Å². The standard InChI is InChI=1S/C17H18N6O/c1-10(2)16-18-12-6-4-5-7-14(12)23(16)9-15-19-17(24-22-15)13-8-11(3)20-21-13/h4-8,10H,9H2,1-3H3,(H,20,21). The molecule has 0 unspecified atom stereocenters. The Bertz CT molecular complexity index is 994. The summed E-state index contributed by atoms with van der Waals surface area (Å²) in [6, 6.07) is 9.97. The van der Waals surface area contributed by atoms with Gasteiger partial charge in [0.2, 0.25) is 0 Å². The molecule has 3 aromatic heterocycles. The summed E-state index contributed by atoms with van der Waals surface area (Å²) in [5.74, 6) is 2.34. The molecule has 7 nitrogen and oxygen atoms in total. The largest absolute Gasteiger partial charge is 0.332 e. The molecule has 0 atom stereocenters. The monoisotopic (exact) mass is 322 g/mol. The number of aryl methyl sites for hydroxylation is 1. The van der Waals surface area contributed by atoms with Crippen LogP contribution in [-0.4, -0.2) is 29.9 Å². The van der Waals surface area contributed by atoms with Crippen LogP contribution in [0.4, 0.5) is 0 Å². The lowest BCUT2D eigenvalue weighted by atomic mass is 10.2. The Labute approximate surface area is 138 Å². The predicted molar refractivity (Wildman–Crippen MR) is 89.5 cm³/mol. The smallest absolute Gasteiger partial charge is 0.278 e. The lowest BCUT2D eigenvalue weighted by Crippen LogP contribution is -2.07. The molecular weight excluding hydrogens is 304 g/mol. The van der Waals surface area contributed by atoms with Gasteiger partial charge in [-0.1, -0.05) is 31.1 Å². The number of aromatic amines is 1. The molecule has 0 amide bonds. The van der Waals surface area contributed by atoms with E-state index in [2.05, 4.69) is 44.8 Å². The van der Waals surface area contributed by atoms with Crippen LogP contribution in [0.1, 0.15) is 37.1 Å². The minimum absolute atomic E-state index is 0.303. The summed E-state index contributed by atoms with van der Waals surface area (Å²) in [5, 5.41) is 11.1. The third-order valence-electron chi connectivity index (χ3n) is 3.89. The van der Waals surface area contributed by atoms with Crippen molar-refractivity contribution in [1.29, 1.82) is 0 Å². The SMILES string of the molecule is Cc1cc(-c2nc(Cn3c(C(C)C)nc4ccccc43)no2)n[nH]1. The number of nitrogens with zero attached hydrogens (tertiary/aromatic N) is 5. The average molecular weight is 322 g/mol. The van der Waals surface area contributed by atoms with Crippen molar-refractivity contribution in [2.24, 2.45) is 0 Å². The molecule has 0 aliphatic rings. The number of para-hydroxylation sites is 2. The highest BCUT2D eigenvalue weighted by molar-refractivity contribution is 5.76. The van der Waals surface area contributed by atoms with E-state index in [9.17, 15) is 0 Å². The van der Waals surface area contributed by atoms with Crippen molar-refractivity contribution in [3.63, 3.8) is 0 Å². The maximum absolute atomic E-state index is 5.35. The fourth-order valence-electron chi connectivity index (χ4n) is 2.79. The normalized spacial score (nSPS) is 11.7. The first-order valence-corrected chi connectivity index (χ1v) is 7.92. The van der Waals surface area contributed by atoms with Crippen molar-refractivity contribution >= 4 is 11.0 Å². The van der Waals surface area contributed by atoms with Gasteiger partial charge >= 0.3 is 0 Å². The Balaban J connectivity index is 1.72. The minimum Gasteiger partial charge on any atom is -0.332 e. The van der Waals surface area contributed by atoms with E-state index < -0.39 is 0 Å². The molecule has 4 aromatic rings. The molecule has 0 bridgehead atoms. The van der Waals surface area contributed by atoms with Gasteiger partial charge in [-0.05, 0) is 25.1 Å². The molecule has 122 valence electrons. The first kappa shape index (κ1) is 14.6. The van der Waals surface area contributed by atoms with Crippen molar-refractivity contribution in [3.8, 4) is 11.6 Å². The summed E-state index contributed by atoms with van der Waals surface area (Å²) in [4.78, 5) is 9.20. The number of nitrogens with one attached hydrogen (secondary N) is 1. The molecule has 24 heavy (non-hydrogen) atoms. The topological polar surface area (TPSA) is 85.4 Å². The number of aromatic nitrogens is 6.